The van der Waals surface area contributed by atoms with Gasteiger partial charge in [0.2, 0.25) is 11.8 Å². The zero-order valence-electron chi connectivity index (χ0n) is 12.6. The number of benzene rings is 1. The molecule has 1 heterocycles. The Hall–Kier alpha value is -1.55. The molecule has 0 bridgehead atoms. The molecule has 0 aromatic heterocycles. The minimum atomic E-state index is -0.495. The van der Waals surface area contributed by atoms with Gasteiger partial charge >= 0.3 is 0 Å². The maximum atomic E-state index is 12.7. The van der Waals surface area contributed by atoms with Crippen molar-refractivity contribution in [3.05, 3.63) is 28.8 Å². The summed E-state index contributed by atoms with van der Waals surface area (Å²) in [5.41, 5.74) is 1.64. The number of halogens is 1. The lowest BCUT2D eigenvalue weighted by Gasteiger charge is -2.39. The van der Waals surface area contributed by atoms with E-state index in [-0.39, 0.29) is 11.8 Å². The monoisotopic (exact) mass is 308 g/mol. The summed E-state index contributed by atoms with van der Waals surface area (Å²) >= 11 is 6.26. The first-order valence-electron chi connectivity index (χ1n) is 7.39. The second-order valence-corrected chi connectivity index (χ2v) is 5.84. The third-order valence-corrected chi connectivity index (χ3v) is 4.11. The highest BCUT2D eigenvalue weighted by Gasteiger charge is 2.40. The maximum absolute atomic E-state index is 12.7. The minimum absolute atomic E-state index is 0.0733. The average Bonchev–Trinajstić information content (AvgIpc) is 2.45. The third kappa shape index (κ3) is 3.05. The number of rotatable bonds is 4. The van der Waals surface area contributed by atoms with Gasteiger partial charge in [-0.25, -0.2) is 0 Å². The number of nitrogens with one attached hydrogen (secondary N) is 1. The van der Waals surface area contributed by atoms with Crippen molar-refractivity contribution in [1.82, 2.24) is 5.32 Å². The highest BCUT2D eigenvalue weighted by molar-refractivity contribution is 6.34. The zero-order valence-corrected chi connectivity index (χ0v) is 13.4. The van der Waals surface area contributed by atoms with Crippen LogP contribution in [0.4, 0.5) is 5.69 Å². The number of aryl methyl sites for hydroxylation is 1. The number of hydrogen-bond acceptors (Lipinski definition) is 2. The van der Waals surface area contributed by atoms with Gasteiger partial charge in [-0.15, -0.1) is 0 Å². The van der Waals surface area contributed by atoms with Crippen LogP contribution in [0, 0.1) is 6.92 Å². The normalized spacial score (nSPS) is 22.4. The molecule has 1 aromatic carbocycles. The van der Waals surface area contributed by atoms with Crippen LogP contribution in [0.2, 0.25) is 5.02 Å². The number of amides is 2. The second kappa shape index (κ2) is 6.48. The van der Waals surface area contributed by atoms with E-state index in [0.29, 0.717) is 23.6 Å². The van der Waals surface area contributed by atoms with Gasteiger partial charge in [-0.3, -0.25) is 14.5 Å². The summed E-state index contributed by atoms with van der Waals surface area (Å²) in [5, 5.41) is 3.33. The molecule has 114 valence electrons. The van der Waals surface area contributed by atoms with Crippen LogP contribution < -0.4 is 10.2 Å². The van der Waals surface area contributed by atoms with E-state index >= 15 is 0 Å². The Morgan fingerprint density at radius 1 is 1.29 bits per heavy atom. The predicted octanol–water partition coefficient (Wildman–Crippen LogP) is 3.06. The fourth-order valence-corrected chi connectivity index (χ4v) is 2.92. The fraction of sp³-hybridized carbons (Fsp3) is 0.500. The number of carbonyl (C=O) groups is 2. The van der Waals surface area contributed by atoms with Crippen molar-refractivity contribution in [2.75, 3.05) is 4.90 Å². The van der Waals surface area contributed by atoms with Gasteiger partial charge < -0.3 is 5.32 Å². The van der Waals surface area contributed by atoms with Gasteiger partial charge in [0.15, 0.2) is 0 Å². The van der Waals surface area contributed by atoms with E-state index in [4.69, 9.17) is 11.6 Å². The molecule has 21 heavy (non-hydrogen) atoms. The Morgan fingerprint density at radius 3 is 2.62 bits per heavy atom. The topological polar surface area (TPSA) is 49.4 Å². The fourth-order valence-electron chi connectivity index (χ4n) is 2.71. The number of nitrogens with zero attached hydrogens (tertiary/aromatic N) is 1. The lowest BCUT2D eigenvalue weighted by atomic mass is 10.0. The molecule has 2 atom stereocenters. The van der Waals surface area contributed by atoms with Gasteiger partial charge in [0, 0.05) is 0 Å². The van der Waals surface area contributed by atoms with Crippen LogP contribution in [0.3, 0.4) is 0 Å². The highest BCUT2D eigenvalue weighted by atomic mass is 35.5. The first-order valence-corrected chi connectivity index (χ1v) is 7.77. The zero-order chi connectivity index (χ0) is 15.6. The second-order valence-electron chi connectivity index (χ2n) is 5.44. The van der Waals surface area contributed by atoms with Gasteiger partial charge in [-0.2, -0.15) is 0 Å². The molecule has 0 radical (unpaired) electrons. The molecule has 2 amide bonds. The van der Waals surface area contributed by atoms with Crippen molar-refractivity contribution in [3.63, 3.8) is 0 Å². The molecule has 0 aliphatic carbocycles. The first kappa shape index (κ1) is 15.8. The number of hydrogen-bond donors (Lipinski definition) is 1. The summed E-state index contributed by atoms with van der Waals surface area (Å²) < 4.78 is 0. The molecule has 2 unspecified atom stereocenters. The van der Waals surface area contributed by atoms with Crippen molar-refractivity contribution in [2.45, 2.75) is 52.1 Å². The SMILES string of the molecule is CCCC1NC(=O)C(CC)N(c2cc(C)ccc2Cl)C1=O. The van der Waals surface area contributed by atoms with Crippen LogP contribution in [-0.4, -0.2) is 23.9 Å². The van der Waals surface area contributed by atoms with Crippen molar-refractivity contribution < 1.29 is 9.59 Å². The number of anilines is 1. The molecule has 1 saturated heterocycles. The predicted molar refractivity (Wildman–Crippen MR) is 84.6 cm³/mol. The molecular weight excluding hydrogens is 288 g/mol. The Bertz CT molecular complexity index is 559. The lowest BCUT2D eigenvalue weighted by molar-refractivity contribution is -0.134. The highest BCUT2D eigenvalue weighted by Crippen LogP contribution is 2.31. The molecular formula is C16H21ClN2O2. The summed E-state index contributed by atoms with van der Waals surface area (Å²) in [6.45, 7) is 5.84. The van der Waals surface area contributed by atoms with E-state index < -0.39 is 12.1 Å². The van der Waals surface area contributed by atoms with Gasteiger partial charge in [0.25, 0.3) is 0 Å². The Morgan fingerprint density at radius 2 is 2.00 bits per heavy atom. The molecule has 1 aliphatic rings. The smallest absolute Gasteiger partial charge is 0.250 e. The minimum Gasteiger partial charge on any atom is -0.342 e. The van der Waals surface area contributed by atoms with Crippen molar-refractivity contribution in [1.29, 1.82) is 0 Å². The Balaban J connectivity index is 2.46. The molecule has 1 aromatic rings. The van der Waals surface area contributed by atoms with Crippen LogP contribution >= 0.6 is 11.6 Å². The molecule has 0 spiro atoms. The van der Waals surface area contributed by atoms with Crippen LogP contribution in [0.5, 0.6) is 0 Å². The largest absolute Gasteiger partial charge is 0.342 e. The van der Waals surface area contributed by atoms with Crippen molar-refractivity contribution in [2.24, 2.45) is 0 Å². The Labute approximate surface area is 130 Å². The van der Waals surface area contributed by atoms with Crippen LogP contribution in [0.25, 0.3) is 0 Å². The van der Waals surface area contributed by atoms with E-state index in [2.05, 4.69) is 5.32 Å². The van der Waals surface area contributed by atoms with E-state index in [1.165, 1.54) is 0 Å². The summed E-state index contributed by atoms with van der Waals surface area (Å²) in [7, 11) is 0. The summed E-state index contributed by atoms with van der Waals surface area (Å²) in [5.74, 6) is -0.177. The van der Waals surface area contributed by atoms with Crippen LogP contribution in [0.15, 0.2) is 18.2 Å². The molecule has 2 rings (SSSR count). The first-order chi connectivity index (χ1) is 9.99. The quantitative estimate of drug-likeness (QED) is 0.929. The van der Waals surface area contributed by atoms with Crippen molar-refractivity contribution >= 4 is 29.1 Å². The molecule has 4 nitrogen and oxygen atoms in total. The van der Waals surface area contributed by atoms with E-state index in [1.54, 1.807) is 11.0 Å². The van der Waals surface area contributed by atoms with Gasteiger partial charge in [0.1, 0.15) is 12.1 Å². The van der Waals surface area contributed by atoms with Gasteiger partial charge in [-0.05, 0) is 37.5 Å². The van der Waals surface area contributed by atoms with Gasteiger partial charge in [0.05, 0.1) is 10.7 Å². The standard InChI is InChI=1S/C16H21ClN2O2/c1-4-6-12-16(21)19(13(5-2)15(20)18-12)14-9-10(3)7-8-11(14)17/h7-9,12-13H,4-6H2,1-3H3,(H,18,20). The number of piperazine rings is 1. The van der Waals surface area contributed by atoms with Crippen molar-refractivity contribution in [3.8, 4) is 0 Å². The van der Waals surface area contributed by atoms with E-state index in [0.717, 1.165) is 12.0 Å². The van der Waals surface area contributed by atoms with E-state index in [1.807, 2.05) is 32.9 Å². The summed E-state index contributed by atoms with van der Waals surface area (Å²) in [6.07, 6.45) is 2.03. The third-order valence-electron chi connectivity index (χ3n) is 3.79. The van der Waals surface area contributed by atoms with Gasteiger partial charge in [-0.1, -0.05) is 37.9 Å². The Kier molecular flexibility index (Phi) is 4.88. The summed E-state index contributed by atoms with van der Waals surface area (Å²) in [4.78, 5) is 26.6. The molecule has 5 heteroatoms. The van der Waals surface area contributed by atoms with Crippen LogP contribution in [0.1, 0.15) is 38.7 Å². The number of carbonyl (C=O) groups excluding carboxylic acids is 2. The molecule has 0 saturated carbocycles. The summed E-state index contributed by atoms with van der Waals surface area (Å²) in [6, 6.07) is 4.58. The molecule has 1 aliphatic heterocycles. The lowest BCUT2D eigenvalue weighted by Crippen LogP contribution is -2.63. The maximum Gasteiger partial charge on any atom is 0.250 e. The van der Waals surface area contributed by atoms with Crippen LogP contribution in [-0.2, 0) is 9.59 Å². The van der Waals surface area contributed by atoms with E-state index in [9.17, 15) is 9.59 Å². The average molecular weight is 309 g/mol. The molecule has 1 N–H and O–H groups in total. The molecule has 1 fully saturated rings.